The highest BCUT2D eigenvalue weighted by molar-refractivity contribution is 6.03. The number of hydrogen-bond donors (Lipinski definition) is 1. The summed E-state index contributed by atoms with van der Waals surface area (Å²) in [5, 5.41) is 9.96. The molecule has 5 rings (SSSR count). The Kier molecular flexibility index (Phi) is 9.07. The summed E-state index contributed by atoms with van der Waals surface area (Å²) >= 11 is 0. The van der Waals surface area contributed by atoms with Gasteiger partial charge in [0.1, 0.15) is 30.5 Å². The molecule has 7 heteroatoms. The molecule has 0 aliphatic carbocycles. The number of hydrogen-bond acceptors (Lipinski definition) is 5. The fraction of sp³-hybridized carbons (Fsp3) is 0.257. The van der Waals surface area contributed by atoms with Crippen LogP contribution in [0.3, 0.4) is 0 Å². The van der Waals surface area contributed by atoms with E-state index in [4.69, 9.17) is 9.47 Å². The van der Waals surface area contributed by atoms with Gasteiger partial charge in [-0.25, -0.2) is 0 Å². The van der Waals surface area contributed by atoms with Crippen LogP contribution in [0.4, 0.5) is 0 Å². The highest BCUT2D eigenvalue weighted by atomic mass is 16.5. The first-order valence-electron chi connectivity index (χ1n) is 14.3. The van der Waals surface area contributed by atoms with Gasteiger partial charge in [-0.1, -0.05) is 80.1 Å². The molecule has 0 radical (unpaired) electrons. The van der Waals surface area contributed by atoms with E-state index in [-0.39, 0.29) is 30.8 Å². The van der Waals surface area contributed by atoms with Crippen LogP contribution in [-0.4, -0.2) is 40.3 Å². The summed E-state index contributed by atoms with van der Waals surface area (Å²) in [6.45, 7) is 3.93. The van der Waals surface area contributed by atoms with Crippen LogP contribution in [0.2, 0.25) is 0 Å². The molecule has 4 aromatic carbocycles. The minimum atomic E-state index is -0.256. The summed E-state index contributed by atoms with van der Waals surface area (Å²) in [6, 6.07) is 27.9. The first-order chi connectivity index (χ1) is 20.4. The zero-order valence-corrected chi connectivity index (χ0v) is 24.1. The molecule has 42 heavy (non-hydrogen) atoms. The maximum Gasteiger partial charge on any atom is 0.258 e. The minimum absolute atomic E-state index is 0.165. The standard InChI is InChI=1S/C35H36N2O5/c1-3-4-17-36(2)34(39)30-19-31(35(40)37-21-27-15-16-29(38)18-28(27)22-37)33(42-24-26-13-9-6-10-14-26)20-32(30)41-23-25-11-7-5-8-12-25/h5-16,18-20,38H,3-4,17,21-24H2,1-2H3. The second kappa shape index (κ2) is 13.3. The van der Waals surface area contributed by atoms with E-state index in [0.29, 0.717) is 42.3 Å². The summed E-state index contributed by atoms with van der Waals surface area (Å²) in [4.78, 5) is 31.2. The predicted molar refractivity (Wildman–Crippen MR) is 162 cm³/mol. The summed E-state index contributed by atoms with van der Waals surface area (Å²) < 4.78 is 12.5. The van der Waals surface area contributed by atoms with E-state index < -0.39 is 0 Å². The summed E-state index contributed by atoms with van der Waals surface area (Å²) in [5.41, 5.74) is 4.39. The molecule has 0 unspecified atom stereocenters. The normalized spacial score (nSPS) is 12.1. The second-order valence-electron chi connectivity index (χ2n) is 10.6. The topological polar surface area (TPSA) is 79.3 Å². The molecule has 0 aromatic heterocycles. The third-order valence-electron chi connectivity index (χ3n) is 7.41. The number of phenolic OH excluding ortho intramolecular Hbond substituents is 1. The van der Waals surface area contributed by atoms with Gasteiger partial charge in [0.05, 0.1) is 11.1 Å². The van der Waals surface area contributed by atoms with Gasteiger partial charge in [-0.05, 0) is 46.9 Å². The lowest BCUT2D eigenvalue weighted by Gasteiger charge is -2.23. The molecule has 4 aromatic rings. The minimum Gasteiger partial charge on any atom is -0.508 e. The van der Waals surface area contributed by atoms with Crippen LogP contribution < -0.4 is 9.47 Å². The van der Waals surface area contributed by atoms with E-state index >= 15 is 0 Å². The van der Waals surface area contributed by atoms with Gasteiger partial charge in [0.25, 0.3) is 11.8 Å². The molecule has 7 nitrogen and oxygen atoms in total. The zero-order valence-electron chi connectivity index (χ0n) is 24.1. The predicted octanol–water partition coefficient (Wildman–Crippen LogP) is 6.58. The highest BCUT2D eigenvalue weighted by Crippen LogP contribution is 2.35. The lowest BCUT2D eigenvalue weighted by Crippen LogP contribution is -2.30. The second-order valence-corrected chi connectivity index (χ2v) is 10.6. The van der Waals surface area contributed by atoms with Crippen LogP contribution >= 0.6 is 0 Å². The Bertz CT molecular complexity index is 1540. The van der Waals surface area contributed by atoms with Gasteiger partial charge in [0.2, 0.25) is 0 Å². The molecule has 1 heterocycles. The van der Waals surface area contributed by atoms with Gasteiger partial charge in [-0.3, -0.25) is 9.59 Å². The fourth-order valence-electron chi connectivity index (χ4n) is 5.00. The van der Waals surface area contributed by atoms with Crippen molar-refractivity contribution in [3.05, 3.63) is 124 Å². The Morgan fingerprint density at radius 2 is 1.38 bits per heavy atom. The number of nitrogens with zero attached hydrogens (tertiary/aromatic N) is 2. The van der Waals surface area contributed by atoms with E-state index in [2.05, 4.69) is 6.92 Å². The van der Waals surface area contributed by atoms with E-state index in [1.165, 1.54) is 0 Å². The molecule has 1 N–H and O–H groups in total. The van der Waals surface area contributed by atoms with Crippen molar-refractivity contribution < 1.29 is 24.2 Å². The van der Waals surface area contributed by atoms with Crippen LogP contribution in [0, 0.1) is 0 Å². The summed E-state index contributed by atoms with van der Waals surface area (Å²) in [6.07, 6.45) is 1.82. The van der Waals surface area contributed by atoms with Crippen molar-refractivity contribution in [3.8, 4) is 17.2 Å². The molecule has 2 amide bonds. The largest absolute Gasteiger partial charge is 0.508 e. The van der Waals surface area contributed by atoms with E-state index in [0.717, 1.165) is 35.1 Å². The van der Waals surface area contributed by atoms with Crippen molar-refractivity contribution in [2.75, 3.05) is 13.6 Å². The third kappa shape index (κ3) is 6.74. The van der Waals surface area contributed by atoms with E-state index in [9.17, 15) is 14.7 Å². The first-order valence-corrected chi connectivity index (χ1v) is 14.3. The fourth-order valence-corrected chi connectivity index (χ4v) is 5.00. The van der Waals surface area contributed by atoms with Crippen molar-refractivity contribution in [2.45, 2.75) is 46.1 Å². The zero-order chi connectivity index (χ0) is 29.5. The van der Waals surface area contributed by atoms with Crippen molar-refractivity contribution in [2.24, 2.45) is 0 Å². The Labute approximate surface area is 246 Å². The molecule has 0 atom stereocenters. The third-order valence-corrected chi connectivity index (χ3v) is 7.41. The number of unbranched alkanes of at least 4 members (excludes halogenated alkanes) is 1. The summed E-state index contributed by atoms with van der Waals surface area (Å²) in [5.74, 6) is 0.399. The van der Waals surface area contributed by atoms with E-state index in [1.807, 2.05) is 66.7 Å². The Balaban J connectivity index is 1.53. The number of amides is 2. The summed E-state index contributed by atoms with van der Waals surface area (Å²) in [7, 11) is 1.77. The quantitative estimate of drug-likeness (QED) is 0.223. The lowest BCUT2D eigenvalue weighted by molar-refractivity contribution is 0.0746. The van der Waals surface area contributed by atoms with Crippen molar-refractivity contribution in [1.29, 1.82) is 0 Å². The van der Waals surface area contributed by atoms with Crippen molar-refractivity contribution >= 4 is 11.8 Å². The average Bonchev–Trinajstić information content (AvgIpc) is 3.45. The van der Waals surface area contributed by atoms with Gasteiger partial charge in [-0.2, -0.15) is 0 Å². The Morgan fingerprint density at radius 1 is 0.786 bits per heavy atom. The monoisotopic (exact) mass is 564 g/mol. The van der Waals surface area contributed by atoms with Crippen LogP contribution in [0.15, 0.2) is 91.0 Å². The SMILES string of the molecule is CCCCN(C)C(=O)c1cc(C(=O)N2Cc3ccc(O)cc3C2)c(OCc2ccccc2)cc1OCc1ccccc1. The number of rotatable bonds is 11. The number of carbonyl (C=O) groups excluding carboxylic acids is 2. The van der Waals surface area contributed by atoms with Gasteiger partial charge in [0, 0.05) is 32.7 Å². The molecule has 0 fully saturated rings. The number of ether oxygens (including phenoxy) is 2. The van der Waals surface area contributed by atoms with E-state index in [1.54, 1.807) is 41.1 Å². The number of benzene rings is 4. The lowest BCUT2D eigenvalue weighted by atomic mass is 10.0. The van der Waals surface area contributed by atoms with Crippen LogP contribution in [0.1, 0.15) is 62.7 Å². The van der Waals surface area contributed by atoms with Gasteiger partial charge >= 0.3 is 0 Å². The average molecular weight is 565 g/mol. The molecule has 0 spiro atoms. The first kappa shape index (κ1) is 28.7. The van der Waals surface area contributed by atoms with Crippen LogP contribution in [0.25, 0.3) is 0 Å². The molecule has 0 bridgehead atoms. The van der Waals surface area contributed by atoms with Crippen LogP contribution in [0.5, 0.6) is 17.2 Å². The number of phenols is 1. The molecule has 1 aliphatic rings. The highest BCUT2D eigenvalue weighted by Gasteiger charge is 2.30. The number of aromatic hydroxyl groups is 1. The number of fused-ring (bicyclic) bond motifs is 1. The molecule has 0 saturated carbocycles. The maximum atomic E-state index is 14.1. The Hall–Kier alpha value is -4.78. The van der Waals surface area contributed by atoms with Crippen molar-refractivity contribution in [1.82, 2.24) is 9.80 Å². The maximum absolute atomic E-state index is 14.1. The van der Waals surface area contributed by atoms with Gasteiger partial charge in [-0.15, -0.1) is 0 Å². The molecular formula is C35H36N2O5. The smallest absolute Gasteiger partial charge is 0.258 e. The molecule has 1 aliphatic heterocycles. The van der Waals surface area contributed by atoms with Crippen LogP contribution in [-0.2, 0) is 26.3 Å². The molecular weight excluding hydrogens is 528 g/mol. The van der Waals surface area contributed by atoms with Crippen molar-refractivity contribution in [3.63, 3.8) is 0 Å². The van der Waals surface area contributed by atoms with Gasteiger partial charge < -0.3 is 24.4 Å². The molecule has 0 saturated heterocycles. The molecule has 216 valence electrons. The Morgan fingerprint density at radius 3 is 2.00 bits per heavy atom. The van der Waals surface area contributed by atoms with Gasteiger partial charge in [0.15, 0.2) is 0 Å². The number of carbonyl (C=O) groups is 2.